The molecule has 3 heterocycles. The molecule has 1 aromatic heterocycles. The summed E-state index contributed by atoms with van der Waals surface area (Å²) < 4.78 is 0. The van der Waals surface area contributed by atoms with Crippen LogP contribution in [0.25, 0.3) is 0 Å². The molecular weight excluding hydrogens is 380 g/mol. The molecule has 2 aliphatic heterocycles. The van der Waals surface area contributed by atoms with Crippen molar-refractivity contribution in [3.8, 4) is 0 Å². The van der Waals surface area contributed by atoms with E-state index in [0.29, 0.717) is 19.5 Å². The van der Waals surface area contributed by atoms with Gasteiger partial charge in [0.25, 0.3) is 5.91 Å². The van der Waals surface area contributed by atoms with Crippen molar-refractivity contribution in [1.82, 2.24) is 9.80 Å². The van der Waals surface area contributed by atoms with Crippen LogP contribution in [-0.4, -0.2) is 28.2 Å². The average molecular weight is 403 g/mol. The summed E-state index contributed by atoms with van der Waals surface area (Å²) in [5, 5.41) is 2.01. The maximum absolute atomic E-state index is 13.2. The number of fused-ring (bicyclic) bond motifs is 2. The summed E-state index contributed by atoms with van der Waals surface area (Å²) in [6.07, 6.45) is 1.21. The van der Waals surface area contributed by atoms with E-state index in [9.17, 15) is 9.59 Å². The van der Waals surface area contributed by atoms with Crippen molar-refractivity contribution in [2.24, 2.45) is 0 Å². The van der Waals surface area contributed by atoms with E-state index in [1.807, 2.05) is 57.6 Å². The van der Waals surface area contributed by atoms with E-state index in [-0.39, 0.29) is 17.9 Å². The van der Waals surface area contributed by atoms with Crippen molar-refractivity contribution in [1.29, 1.82) is 0 Å². The first-order chi connectivity index (χ1) is 14.2. The second-order valence-electron chi connectivity index (χ2n) is 7.66. The smallest absolute Gasteiger partial charge is 0.255 e. The van der Waals surface area contributed by atoms with Gasteiger partial charge in [-0.3, -0.25) is 9.59 Å². The maximum Gasteiger partial charge on any atom is 0.255 e. The molecule has 0 radical (unpaired) electrons. The number of carbonyl (C=O) groups excluding carboxylic acids is 2. The first-order valence-corrected chi connectivity index (χ1v) is 10.9. The third-order valence-corrected chi connectivity index (χ3v) is 6.92. The molecular formula is C24H22N2O2S. The third kappa shape index (κ3) is 3.36. The molecule has 0 unspecified atom stereocenters. The van der Waals surface area contributed by atoms with E-state index in [0.717, 1.165) is 29.0 Å². The lowest BCUT2D eigenvalue weighted by Crippen LogP contribution is -2.39. The van der Waals surface area contributed by atoms with Crippen LogP contribution in [0.2, 0.25) is 0 Å². The lowest BCUT2D eigenvalue weighted by molar-refractivity contribution is -0.133. The molecule has 0 N–H and O–H groups in total. The Labute approximate surface area is 174 Å². The van der Waals surface area contributed by atoms with Crippen LogP contribution >= 0.6 is 11.3 Å². The molecule has 5 rings (SSSR count). The Morgan fingerprint density at radius 3 is 2.45 bits per heavy atom. The van der Waals surface area contributed by atoms with Crippen LogP contribution in [0, 0.1) is 0 Å². The fourth-order valence-corrected chi connectivity index (χ4v) is 5.22. The van der Waals surface area contributed by atoms with Crippen molar-refractivity contribution < 1.29 is 9.59 Å². The minimum absolute atomic E-state index is 0.0239. The molecule has 0 bridgehead atoms. The Morgan fingerprint density at radius 1 is 0.931 bits per heavy atom. The molecule has 0 saturated carbocycles. The van der Waals surface area contributed by atoms with E-state index < -0.39 is 0 Å². The monoisotopic (exact) mass is 402 g/mol. The minimum atomic E-state index is -0.223. The van der Waals surface area contributed by atoms with Gasteiger partial charge in [-0.05, 0) is 40.6 Å². The molecule has 1 atom stereocenters. The number of hydrogen-bond acceptors (Lipinski definition) is 3. The highest BCUT2D eigenvalue weighted by molar-refractivity contribution is 7.10. The molecule has 2 aliphatic rings. The summed E-state index contributed by atoms with van der Waals surface area (Å²) in [5.41, 5.74) is 4.35. The van der Waals surface area contributed by atoms with Gasteiger partial charge in [-0.1, -0.05) is 48.5 Å². The van der Waals surface area contributed by atoms with Gasteiger partial charge in [0.05, 0.1) is 12.5 Å². The predicted octanol–water partition coefficient (Wildman–Crippen LogP) is 4.42. The highest BCUT2D eigenvalue weighted by Crippen LogP contribution is 2.36. The van der Waals surface area contributed by atoms with Gasteiger partial charge in [0, 0.05) is 30.1 Å². The topological polar surface area (TPSA) is 40.6 Å². The number of hydrogen-bond donors (Lipinski definition) is 0. The van der Waals surface area contributed by atoms with Gasteiger partial charge in [0.2, 0.25) is 5.91 Å². The van der Waals surface area contributed by atoms with Crippen molar-refractivity contribution >= 4 is 23.2 Å². The summed E-state index contributed by atoms with van der Waals surface area (Å²) in [6, 6.07) is 19.9. The quantitative estimate of drug-likeness (QED) is 0.648. The maximum atomic E-state index is 13.2. The standard InChI is InChI=1S/C24H22N2O2S/c27-23(25-12-11-17-6-1-2-7-18(17)15-25)14-21(22-10-5-13-29-22)26-16-19-8-3-4-9-20(19)24(26)28/h1-10,13,21H,11-12,14-16H2/t21-/m0/s1. The Kier molecular flexibility index (Phi) is 4.68. The van der Waals surface area contributed by atoms with Gasteiger partial charge in [0.15, 0.2) is 0 Å². The van der Waals surface area contributed by atoms with Gasteiger partial charge < -0.3 is 9.80 Å². The molecule has 0 spiro atoms. The Morgan fingerprint density at radius 2 is 1.69 bits per heavy atom. The molecule has 0 fully saturated rings. The molecule has 4 nitrogen and oxygen atoms in total. The summed E-state index contributed by atoms with van der Waals surface area (Å²) in [7, 11) is 0. The molecule has 146 valence electrons. The van der Waals surface area contributed by atoms with Crippen LogP contribution in [0.4, 0.5) is 0 Å². The molecule has 0 aliphatic carbocycles. The zero-order valence-corrected chi connectivity index (χ0v) is 16.9. The van der Waals surface area contributed by atoms with E-state index in [2.05, 4.69) is 18.2 Å². The number of nitrogens with zero attached hydrogens (tertiary/aromatic N) is 2. The summed E-state index contributed by atoms with van der Waals surface area (Å²) in [5.74, 6) is 0.137. The molecule has 5 heteroatoms. The Bertz CT molecular complexity index is 1060. The largest absolute Gasteiger partial charge is 0.338 e. The Balaban J connectivity index is 1.38. The molecule has 29 heavy (non-hydrogen) atoms. The Hall–Kier alpha value is -2.92. The molecule has 2 amide bonds. The fourth-order valence-electron chi connectivity index (χ4n) is 4.38. The van der Waals surface area contributed by atoms with E-state index in [4.69, 9.17) is 0 Å². The number of rotatable bonds is 4. The zero-order chi connectivity index (χ0) is 19.8. The van der Waals surface area contributed by atoms with Crippen molar-refractivity contribution in [2.75, 3.05) is 6.54 Å². The molecule has 2 aromatic carbocycles. The first kappa shape index (κ1) is 18.1. The van der Waals surface area contributed by atoms with Crippen LogP contribution in [0.5, 0.6) is 0 Å². The minimum Gasteiger partial charge on any atom is -0.338 e. The summed E-state index contributed by atoms with van der Waals surface area (Å²) in [6.45, 7) is 1.95. The van der Waals surface area contributed by atoms with E-state index in [1.54, 1.807) is 11.3 Å². The van der Waals surface area contributed by atoms with Gasteiger partial charge in [-0.15, -0.1) is 11.3 Å². The number of benzene rings is 2. The van der Waals surface area contributed by atoms with Crippen LogP contribution in [0.1, 0.15) is 44.4 Å². The lowest BCUT2D eigenvalue weighted by Gasteiger charge is -2.32. The van der Waals surface area contributed by atoms with Crippen molar-refractivity contribution in [3.63, 3.8) is 0 Å². The molecule has 3 aromatic rings. The van der Waals surface area contributed by atoms with Crippen LogP contribution in [0.3, 0.4) is 0 Å². The van der Waals surface area contributed by atoms with Crippen molar-refractivity contribution in [3.05, 3.63) is 93.2 Å². The van der Waals surface area contributed by atoms with E-state index in [1.165, 1.54) is 11.1 Å². The van der Waals surface area contributed by atoms with Gasteiger partial charge in [0.1, 0.15) is 0 Å². The van der Waals surface area contributed by atoms with Crippen LogP contribution in [0.15, 0.2) is 66.0 Å². The zero-order valence-electron chi connectivity index (χ0n) is 16.1. The summed E-state index contributed by atoms with van der Waals surface area (Å²) in [4.78, 5) is 31.2. The molecule has 0 saturated heterocycles. The van der Waals surface area contributed by atoms with Crippen molar-refractivity contribution in [2.45, 2.75) is 32.0 Å². The van der Waals surface area contributed by atoms with Gasteiger partial charge in [-0.25, -0.2) is 0 Å². The normalized spacial score (nSPS) is 16.5. The SMILES string of the molecule is O=C(C[C@@H](c1cccs1)N1Cc2ccccc2C1=O)N1CCc2ccccc2C1. The number of thiophene rings is 1. The highest BCUT2D eigenvalue weighted by atomic mass is 32.1. The summed E-state index contributed by atoms with van der Waals surface area (Å²) >= 11 is 1.61. The van der Waals surface area contributed by atoms with Gasteiger partial charge in [-0.2, -0.15) is 0 Å². The second kappa shape index (κ2) is 7.48. The lowest BCUT2D eigenvalue weighted by atomic mass is 9.99. The fraction of sp³-hybridized carbons (Fsp3) is 0.250. The number of amides is 2. The van der Waals surface area contributed by atoms with Crippen LogP contribution < -0.4 is 0 Å². The van der Waals surface area contributed by atoms with E-state index >= 15 is 0 Å². The number of carbonyl (C=O) groups is 2. The third-order valence-electron chi connectivity index (χ3n) is 5.95. The first-order valence-electron chi connectivity index (χ1n) is 9.97. The van der Waals surface area contributed by atoms with Gasteiger partial charge >= 0.3 is 0 Å². The van der Waals surface area contributed by atoms with Crippen LogP contribution in [-0.2, 0) is 24.3 Å². The second-order valence-corrected chi connectivity index (χ2v) is 8.64. The highest BCUT2D eigenvalue weighted by Gasteiger charge is 2.36. The average Bonchev–Trinajstić information content (AvgIpc) is 3.40. The predicted molar refractivity (Wildman–Crippen MR) is 114 cm³/mol.